The number of carbonyl (C=O) groups is 1. The van der Waals surface area contributed by atoms with Crippen molar-refractivity contribution in [1.82, 2.24) is 20.8 Å². The van der Waals surface area contributed by atoms with E-state index < -0.39 is 0 Å². The minimum atomic E-state index is -0.339. The molecule has 0 spiro atoms. The molecule has 1 aromatic rings. The van der Waals surface area contributed by atoms with Gasteiger partial charge in [-0.3, -0.25) is 4.79 Å². The number of nitrogens with one attached hydrogen (secondary N) is 2. The van der Waals surface area contributed by atoms with Gasteiger partial charge in [0.25, 0.3) is 11.7 Å². The van der Waals surface area contributed by atoms with Gasteiger partial charge in [0.05, 0.1) is 6.54 Å². The molecule has 1 amide bonds. The molecule has 0 saturated heterocycles. The molecule has 2 N–H and O–H groups in total. The minimum Gasteiger partial charge on any atom is -0.352 e. The number of aromatic nitrogens is 2. The lowest BCUT2D eigenvalue weighted by Gasteiger charge is -2.03. The fourth-order valence-corrected chi connectivity index (χ4v) is 0.998. The number of carbonyl (C=O) groups excluding carboxylic acids is 1. The molecular formula is C9H16N4O2. The molecule has 1 heterocycles. The first-order valence-electron chi connectivity index (χ1n) is 4.89. The molecule has 6 heteroatoms. The van der Waals surface area contributed by atoms with Crippen molar-refractivity contribution in [2.45, 2.75) is 20.4 Å². The van der Waals surface area contributed by atoms with Gasteiger partial charge in [-0.2, -0.15) is 4.98 Å². The minimum absolute atomic E-state index is 0.0684. The summed E-state index contributed by atoms with van der Waals surface area (Å²) in [7, 11) is 1.52. The van der Waals surface area contributed by atoms with Gasteiger partial charge in [0.2, 0.25) is 5.89 Å². The average Bonchev–Trinajstić information content (AvgIpc) is 2.65. The Bertz CT molecular complexity index is 322. The first-order valence-corrected chi connectivity index (χ1v) is 4.89. The van der Waals surface area contributed by atoms with Crippen molar-refractivity contribution in [2.24, 2.45) is 5.92 Å². The maximum atomic E-state index is 11.1. The lowest BCUT2D eigenvalue weighted by atomic mass is 10.2. The highest BCUT2D eigenvalue weighted by Crippen LogP contribution is 1.97. The van der Waals surface area contributed by atoms with E-state index in [1.54, 1.807) is 0 Å². The molecule has 84 valence electrons. The zero-order valence-corrected chi connectivity index (χ0v) is 9.20. The number of rotatable bonds is 5. The summed E-state index contributed by atoms with van der Waals surface area (Å²) in [5.41, 5.74) is 0. The third-order valence-electron chi connectivity index (χ3n) is 1.73. The summed E-state index contributed by atoms with van der Waals surface area (Å²) in [6.07, 6.45) is 0. The standard InChI is InChI=1S/C9H16N4O2/c1-6(2)4-11-5-7-12-8(13-15-7)9(14)10-3/h6,11H,4-5H2,1-3H3,(H,10,14). The van der Waals surface area contributed by atoms with Crippen LogP contribution in [0.3, 0.4) is 0 Å². The van der Waals surface area contributed by atoms with Gasteiger partial charge >= 0.3 is 0 Å². The summed E-state index contributed by atoms with van der Waals surface area (Å²) in [4.78, 5) is 15.0. The van der Waals surface area contributed by atoms with Crippen LogP contribution in [0.1, 0.15) is 30.4 Å². The van der Waals surface area contributed by atoms with Crippen molar-refractivity contribution < 1.29 is 9.32 Å². The van der Waals surface area contributed by atoms with E-state index in [0.717, 1.165) is 6.54 Å². The quantitative estimate of drug-likeness (QED) is 0.727. The fraction of sp³-hybridized carbons (Fsp3) is 0.667. The summed E-state index contributed by atoms with van der Waals surface area (Å²) in [5, 5.41) is 9.11. The van der Waals surface area contributed by atoms with Crippen molar-refractivity contribution >= 4 is 5.91 Å². The zero-order valence-electron chi connectivity index (χ0n) is 9.20. The molecule has 1 rings (SSSR count). The van der Waals surface area contributed by atoms with Gasteiger partial charge in [-0.1, -0.05) is 19.0 Å². The number of hydrogen-bond acceptors (Lipinski definition) is 5. The van der Waals surface area contributed by atoms with Crippen molar-refractivity contribution in [3.05, 3.63) is 11.7 Å². The van der Waals surface area contributed by atoms with Crippen LogP contribution in [0.5, 0.6) is 0 Å². The normalized spacial score (nSPS) is 10.7. The SMILES string of the molecule is CNC(=O)c1noc(CNCC(C)C)n1. The lowest BCUT2D eigenvalue weighted by Crippen LogP contribution is -2.20. The van der Waals surface area contributed by atoms with Crippen LogP contribution in [0.15, 0.2) is 4.52 Å². The Labute approximate surface area is 88.4 Å². The molecule has 0 saturated carbocycles. The van der Waals surface area contributed by atoms with Gasteiger partial charge in [0.1, 0.15) is 0 Å². The van der Waals surface area contributed by atoms with Crippen LogP contribution in [0.2, 0.25) is 0 Å². The third-order valence-corrected chi connectivity index (χ3v) is 1.73. The summed E-state index contributed by atoms with van der Waals surface area (Å²) in [6.45, 7) is 5.58. The Morgan fingerprint density at radius 3 is 2.87 bits per heavy atom. The summed E-state index contributed by atoms with van der Waals surface area (Å²) in [6, 6.07) is 0. The summed E-state index contributed by atoms with van der Waals surface area (Å²) >= 11 is 0. The second-order valence-corrected chi connectivity index (χ2v) is 3.62. The van der Waals surface area contributed by atoms with Crippen LogP contribution in [0, 0.1) is 5.92 Å². The second-order valence-electron chi connectivity index (χ2n) is 3.62. The first kappa shape index (κ1) is 11.6. The van der Waals surface area contributed by atoms with Crippen LogP contribution in [0.25, 0.3) is 0 Å². The van der Waals surface area contributed by atoms with E-state index in [4.69, 9.17) is 4.52 Å². The molecule has 0 aliphatic heterocycles. The maximum Gasteiger partial charge on any atom is 0.292 e. The Hall–Kier alpha value is -1.43. The monoisotopic (exact) mass is 212 g/mol. The first-order chi connectivity index (χ1) is 7.13. The number of nitrogens with zero attached hydrogens (tertiary/aromatic N) is 2. The number of hydrogen-bond donors (Lipinski definition) is 2. The van der Waals surface area contributed by atoms with E-state index >= 15 is 0 Å². The van der Waals surface area contributed by atoms with E-state index in [1.807, 2.05) is 0 Å². The Kier molecular flexibility index (Phi) is 4.23. The van der Waals surface area contributed by atoms with Crippen molar-refractivity contribution in [3.8, 4) is 0 Å². The Morgan fingerprint density at radius 1 is 1.53 bits per heavy atom. The molecule has 0 fully saturated rings. The predicted molar refractivity (Wildman–Crippen MR) is 54.2 cm³/mol. The molecule has 1 aromatic heterocycles. The third kappa shape index (κ3) is 3.67. The van der Waals surface area contributed by atoms with Gasteiger partial charge in [-0.05, 0) is 12.5 Å². The molecular weight excluding hydrogens is 196 g/mol. The average molecular weight is 212 g/mol. The Balaban J connectivity index is 2.43. The van der Waals surface area contributed by atoms with E-state index in [2.05, 4.69) is 34.6 Å². The zero-order chi connectivity index (χ0) is 11.3. The molecule has 0 bridgehead atoms. The van der Waals surface area contributed by atoms with Crippen molar-refractivity contribution in [3.63, 3.8) is 0 Å². The highest BCUT2D eigenvalue weighted by molar-refractivity contribution is 5.89. The highest BCUT2D eigenvalue weighted by atomic mass is 16.5. The van der Waals surface area contributed by atoms with Crippen LogP contribution in [0.4, 0.5) is 0 Å². The molecule has 0 aliphatic rings. The van der Waals surface area contributed by atoms with Crippen LogP contribution in [-0.4, -0.2) is 29.6 Å². The van der Waals surface area contributed by atoms with Crippen LogP contribution < -0.4 is 10.6 Å². The topological polar surface area (TPSA) is 80.0 Å². The highest BCUT2D eigenvalue weighted by Gasteiger charge is 2.12. The molecule has 0 aromatic carbocycles. The Morgan fingerprint density at radius 2 is 2.27 bits per heavy atom. The van der Waals surface area contributed by atoms with Crippen molar-refractivity contribution in [1.29, 1.82) is 0 Å². The fourth-order valence-electron chi connectivity index (χ4n) is 0.998. The molecule has 0 radical (unpaired) electrons. The van der Waals surface area contributed by atoms with E-state index in [0.29, 0.717) is 18.4 Å². The molecule has 6 nitrogen and oxygen atoms in total. The largest absolute Gasteiger partial charge is 0.352 e. The summed E-state index contributed by atoms with van der Waals surface area (Å²) in [5.74, 6) is 0.716. The van der Waals surface area contributed by atoms with Crippen LogP contribution in [-0.2, 0) is 6.54 Å². The summed E-state index contributed by atoms with van der Waals surface area (Å²) < 4.78 is 4.88. The predicted octanol–water partition coefficient (Wildman–Crippen LogP) is 0.175. The maximum absolute atomic E-state index is 11.1. The number of amides is 1. The molecule has 0 unspecified atom stereocenters. The van der Waals surface area contributed by atoms with Gasteiger partial charge in [-0.25, -0.2) is 0 Å². The van der Waals surface area contributed by atoms with Gasteiger partial charge in [-0.15, -0.1) is 0 Å². The molecule has 0 aliphatic carbocycles. The van der Waals surface area contributed by atoms with Crippen LogP contribution >= 0.6 is 0 Å². The second kappa shape index (κ2) is 5.45. The van der Waals surface area contributed by atoms with E-state index in [-0.39, 0.29) is 11.7 Å². The molecule has 15 heavy (non-hydrogen) atoms. The van der Waals surface area contributed by atoms with Gasteiger partial charge < -0.3 is 15.2 Å². The van der Waals surface area contributed by atoms with Gasteiger partial charge in [0.15, 0.2) is 0 Å². The smallest absolute Gasteiger partial charge is 0.292 e. The molecule has 0 atom stereocenters. The van der Waals surface area contributed by atoms with Gasteiger partial charge in [0, 0.05) is 7.05 Å². The van der Waals surface area contributed by atoms with E-state index in [1.165, 1.54) is 7.05 Å². The lowest BCUT2D eigenvalue weighted by molar-refractivity contribution is 0.0950. The van der Waals surface area contributed by atoms with E-state index in [9.17, 15) is 4.79 Å². The van der Waals surface area contributed by atoms with Crippen molar-refractivity contribution in [2.75, 3.05) is 13.6 Å².